The number of nitrogens with one attached hydrogen (secondary N) is 1. The molecule has 17 heavy (non-hydrogen) atoms. The molecule has 3 unspecified atom stereocenters. The summed E-state index contributed by atoms with van der Waals surface area (Å²) in [5, 5.41) is 11.8. The molecule has 2 aliphatic rings. The molecule has 2 fully saturated rings. The Bertz CT molecular complexity index is 320. The van der Waals surface area contributed by atoms with Crippen LogP contribution < -0.4 is 11.1 Å². The molecule has 0 aromatic carbocycles. The Kier molecular flexibility index (Phi) is 3.35. The van der Waals surface area contributed by atoms with E-state index in [0.717, 1.165) is 12.8 Å². The largest absolute Gasteiger partial charge is 0.393 e. The molecule has 2 rings (SSSR count). The zero-order chi connectivity index (χ0) is 12.6. The van der Waals surface area contributed by atoms with Gasteiger partial charge in [0.2, 0.25) is 5.91 Å². The number of amides is 3. The van der Waals surface area contributed by atoms with Crippen LogP contribution in [-0.4, -0.2) is 46.2 Å². The second-order valence-corrected chi connectivity index (χ2v) is 4.99. The van der Waals surface area contributed by atoms with E-state index < -0.39 is 6.03 Å². The van der Waals surface area contributed by atoms with E-state index in [0.29, 0.717) is 12.8 Å². The first-order valence-electron chi connectivity index (χ1n) is 6.05. The highest BCUT2D eigenvalue weighted by molar-refractivity contribution is 5.96. The van der Waals surface area contributed by atoms with E-state index in [1.165, 1.54) is 0 Å². The van der Waals surface area contributed by atoms with Gasteiger partial charge in [0.15, 0.2) is 0 Å². The van der Waals surface area contributed by atoms with Crippen LogP contribution in [0.2, 0.25) is 0 Å². The van der Waals surface area contributed by atoms with Gasteiger partial charge in [-0.1, -0.05) is 0 Å². The van der Waals surface area contributed by atoms with E-state index in [9.17, 15) is 14.7 Å². The van der Waals surface area contributed by atoms with Gasteiger partial charge in [-0.05, 0) is 32.6 Å². The lowest BCUT2D eigenvalue weighted by molar-refractivity contribution is -0.127. The quantitative estimate of drug-likeness (QED) is 0.610. The maximum atomic E-state index is 11.7. The predicted molar refractivity (Wildman–Crippen MR) is 61.1 cm³/mol. The Morgan fingerprint density at radius 1 is 1.35 bits per heavy atom. The van der Waals surface area contributed by atoms with Crippen LogP contribution >= 0.6 is 0 Å². The van der Waals surface area contributed by atoms with E-state index in [1.54, 1.807) is 6.92 Å². The molecule has 0 radical (unpaired) electrons. The lowest BCUT2D eigenvalue weighted by Crippen LogP contribution is -2.55. The molecule has 3 atom stereocenters. The number of carbonyl (C=O) groups is 2. The third-order valence-electron chi connectivity index (χ3n) is 3.84. The summed E-state index contributed by atoms with van der Waals surface area (Å²) in [5.41, 5.74) is 4.94. The molecule has 6 heteroatoms. The molecular weight excluding hydrogens is 222 g/mol. The average molecular weight is 241 g/mol. The van der Waals surface area contributed by atoms with Gasteiger partial charge in [0.05, 0.1) is 12.1 Å². The first-order chi connectivity index (χ1) is 7.99. The van der Waals surface area contributed by atoms with Crippen molar-refractivity contribution in [3.63, 3.8) is 0 Å². The fourth-order valence-electron chi connectivity index (χ4n) is 3.18. The molecule has 0 aromatic heterocycles. The highest BCUT2D eigenvalue weighted by atomic mass is 16.3. The van der Waals surface area contributed by atoms with Crippen LogP contribution in [0.15, 0.2) is 0 Å². The molecule has 0 saturated carbocycles. The molecule has 2 heterocycles. The number of nitrogens with two attached hydrogens (primary N) is 1. The molecule has 2 aliphatic heterocycles. The van der Waals surface area contributed by atoms with Crippen molar-refractivity contribution in [1.29, 1.82) is 0 Å². The Morgan fingerprint density at radius 3 is 2.35 bits per heavy atom. The molecule has 0 aliphatic carbocycles. The Labute approximate surface area is 100 Å². The topological polar surface area (TPSA) is 95.7 Å². The second kappa shape index (κ2) is 4.62. The molecule has 96 valence electrons. The number of imide groups is 1. The van der Waals surface area contributed by atoms with E-state index in [4.69, 9.17) is 5.73 Å². The van der Waals surface area contributed by atoms with E-state index in [1.807, 2.05) is 0 Å². The first kappa shape index (κ1) is 12.3. The number of hydrogen-bond donors (Lipinski definition) is 3. The smallest absolute Gasteiger partial charge is 0.318 e. The number of aliphatic hydroxyl groups excluding tert-OH is 1. The molecule has 2 bridgehead atoms. The maximum absolute atomic E-state index is 11.7. The molecule has 6 nitrogen and oxygen atoms in total. The zero-order valence-electron chi connectivity index (χ0n) is 9.93. The third-order valence-corrected chi connectivity index (χ3v) is 3.84. The number of urea groups is 1. The van der Waals surface area contributed by atoms with Crippen molar-refractivity contribution < 1.29 is 14.7 Å². The van der Waals surface area contributed by atoms with Crippen LogP contribution in [0, 0.1) is 0 Å². The summed E-state index contributed by atoms with van der Waals surface area (Å²) < 4.78 is 0. The maximum Gasteiger partial charge on any atom is 0.318 e. The Morgan fingerprint density at radius 2 is 1.88 bits per heavy atom. The van der Waals surface area contributed by atoms with Crippen molar-refractivity contribution in [2.75, 3.05) is 0 Å². The van der Waals surface area contributed by atoms with Crippen molar-refractivity contribution in [3.8, 4) is 0 Å². The summed E-state index contributed by atoms with van der Waals surface area (Å²) in [6.45, 7) is 1.78. The second-order valence-electron chi connectivity index (χ2n) is 4.99. The first-order valence-corrected chi connectivity index (χ1v) is 6.05. The van der Waals surface area contributed by atoms with Gasteiger partial charge >= 0.3 is 6.03 Å². The number of carbonyl (C=O) groups excluding carboxylic acids is 2. The standard InChI is InChI=1S/C11H19N3O3/c1-6(10(16)13-11(12)17)14-7-2-3-8(14)5-9(15)4-7/h6-9,15H,2-5H2,1H3,(H3,12,13,16,17). The van der Waals surface area contributed by atoms with Gasteiger partial charge in [0.1, 0.15) is 0 Å². The minimum absolute atomic E-state index is 0.248. The number of rotatable bonds is 2. The van der Waals surface area contributed by atoms with Gasteiger partial charge < -0.3 is 10.8 Å². The lowest BCUT2D eigenvalue weighted by Gasteiger charge is -2.40. The third kappa shape index (κ3) is 2.42. The SMILES string of the molecule is CC(C(=O)NC(N)=O)N1C2CCC1CC(O)C2. The monoisotopic (exact) mass is 241 g/mol. The van der Waals surface area contributed by atoms with E-state index >= 15 is 0 Å². The average Bonchev–Trinajstić information content (AvgIpc) is 2.49. The van der Waals surface area contributed by atoms with Gasteiger partial charge in [-0.15, -0.1) is 0 Å². The number of nitrogens with zero attached hydrogens (tertiary/aromatic N) is 1. The van der Waals surface area contributed by atoms with Gasteiger partial charge in [0, 0.05) is 12.1 Å². The number of piperidine rings is 1. The lowest BCUT2D eigenvalue weighted by atomic mass is 9.98. The van der Waals surface area contributed by atoms with Gasteiger partial charge in [0.25, 0.3) is 0 Å². The highest BCUT2D eigenvalue weighted by Crippen LogP contribution is 2.37. The van der Waals surface area contributed by atoms with Gasteiger partial charge in [-0.25, -0.2) is 4.79 Å². The van der Waals surface area contributed by atoms with Crippen LogP contribution in [0.4, 0.5) is 4.79 Å². The van der Waals surface area contributed by atoms with Crippen molar-refractivity contribution in [2.45, 2.75) is 56.8 Å². The molecule has 4 N–H and O–H groups in total. The summed E-state index contributed by atoms with van der Waals surface area (Å²) in [7, 11) is 0. The van der Waals surface area contributed by atoms with Crippen molar-refractivity contribution in [2.24, 2.45) is 5.73 Å². The molecule has 0 spiro atoms. The van der Waals surface area contributed by atoms with Gasteiger partial charge in [-0.3, -0.25) is 15.0 Å². The van der Waals surface area contributed by atoms with Gasteiger partial charge in [-0.2, -0.15) is 0 Å². The number of aliphatic hydroxyl groups is 1. The summed E-state index contributed by atoms with van der Waals surface area (Å²) in [6, 6.07) is -0.687. The van der Waals surface area contributed by atoms with E-state index in [2.05, 4.69) is 10.2 Å². The fraction of sp³-hybridized carbons (Fsp3) is 0.818. The highest BCUT2D eigenvalue weighted by Gasteiger charge is 2.44. The molecular formula is C11H19N3O3. The minimum Gasteiger partial charge on any atom is -0.393 e. The molecule has 2 saturated heterocycles. The minimum atomic E-state index is -0.814. The van der Waals surface area contributed by atoms with Crippen LogP contribution in [0.25, 0.3) is 0 Å². The van der Waals surface area contributed by atoms with Crippen LogP contribution in [0.5, 0.6) is 0 Å². The summed E-state index contributed by atoms with van der Waals surface area (Å²) in [4.78, 5) is 24.5. The summed E-state index contributed by atoms with van der Waals surface area (Å²) >= 11 is 0. The summed E-state index contributed by atoms with van der Waals surface area (Å²) in [6.07, 6.45) is 3.19. The Hall–Kier alpha value is -1.14. The Balaban J connectivity index is 2.03. The van der Waals surface area contributed by atoms with E-state index in [-0.39, 0.29) is 30.1 Å². The normalized spacial score (nSPS) is 34.4. The number of primary amides is 1. The zero-order valence-corrected chi connectivity index (χ0v) is 9.93. The fourth-order valence-corrected chi connectivity index (χ4v) is 3.18. The molecule has 3 amide bonds. The van der Waals surface area contributed by atoms with Crippen LogP contribution in [0.3, 0.4) is 0 Å². The van der Waals surface area contributed by atoms with Crippen molar-refractivity contribution in [3.05, 3.63) is 0 Å². The van der Waals surface area contributed by atoms with Crippen molar-refractivity contribution in [1.82, 2.24) is 10.2 Å². The number of fused-ring (bicyclic) bond motifs is 2. The number of hydrogen-bond acceptors (Lipinski definition) is 4. The van der Waals surface area contributed by atoms with Crippen molar-refractivity contribution >= 4 is 11.9 Å². The van der Waals surface area contributed by atoms with Crippen LogP contribution in [0.1, 0.15) is 32.6 Å². The van der Waals surface area contributed by atoms with Crippen LogP contribution in [-0.2, 0) is 4.79 Å². The predicted octanol–water partition coefficient (Wildman–Crippen LogP) is -0.442. The molecule has 0 aromatic rings. The summed E-state index contributed by atoms with van der Waals surface area (Å²) in [5.74, 6) is -0.356.